The van der Waals surface area contributed by atoms with Gasteiger partial charge in [0.25, 0.3) is 11.8 Å². The summed E-state index contributed by atoms with van der Waals surface area (Å²) in [5, 5.41) is 0. The fourth-order valence-corrected chi connectivity index (χ4v) is 4.14. The lowest BCUT2D eigenvalue weighted by atomic mass is 9.98. The van der Waals surface area contributed by atoms with Gasteiger partial charge in [0.15, 0.2) is 0 Å². The SMILES string of the molecule is CCCCOCCCN1C(=O)C(c2ccc(OC)cc2)=C(N2CCCC(C)C2)C1=O. The van der Waals surface area contributed by atoms with Gasteiger partial charge in [-0.25, -0.2) is 0 Å². The molecule has 3 rings (SSSR count). The lowest BCUT2D eigenvalue weighted by Gasteiger charge is -2.33. The second kappa shape index (κ2) is 10.6. The van der Waals surface area contributed by atoms with Gasteiger partial charge in [0, 0.05) is 32.8 Å². The van der Waals surface area contributed by atoms with E-state index in [1.165, 1.54) is 4.90 Å². The third kappa shape index (κ3) is 5.04. The van der Waals surface area contributed by atoms with Crippen LogP contribution in [0.4, 0.5) is 0 Å². The van der Waals surface area contributed by atoms with Crippen LogP contribution in [0.15, 0.2) is 30.0 Å². The minimum atomic E-state index is -0.202. The summed E-state index contributed by atoms with van der Waals surface area (Å²) in [5.41, 5.74) is 1.84. The van der Waals surface area contributed by atoms with Crippen molar-refractivity contribution in [3.63, 3.8) is 0 Å². The van der Waals surface area contributed by atoms with Gasteiger partial charge in [-0.2, -0.15) is 0 Å². The van der Waals surface area contributed by atoms with Crippen molar-refractivity contribution in [1.29, 1.82) is 0 Å². The summed E-state index contributed by atoms with van der Waals surface area (Å²) < 4.78 is 10.9. The second-order valence-corrected chi connectivity index (χ2v) is 8.23. The molecule has 2 heterocycles. The predicted molar refractivity (Wildman–Crippen MR) is 117 cm³/mol. The normalized spacial score (nSPS) is 19.8. The summed E-state index contributed by atoms with van der Waals surface area (Å²) in [7, 11) is 1.61. The first-order chi connectivity index (χ1) is 14.6. The van der Waals surface area contributed by atoms with E-state index in [1.807, 2.05) is 24.3 Å². The number of piperidine rings is 1. The Hall–Kier alpha value is -2.34. The maximum absolute atomic E-state index is 13.3. The molecule has 0 aliphatic carbocycles. The van der Waals surface area contributed by atoms with E-state index >= 15 is 0 Å². The van der Waals surface area contributed by atoms with Crippen molar-refractivity contribution < 1.29 is 19.1 Å². The zero-order valence-electron chi connectivity index (χ0n) is 18.5. The van der Waals surface area contributed by atoms with Gasteiger partial charge >= 0.3 is 0 Å². The summed E-state index contributed by atoms with van der Waals surface area (Å²) >= 11 is 0. The van der Waals surface area contributed by atoms with Crippen molar-refractivity contribution in [2.75, 3.05) is 40.0 Å². The molecular weight excluding hydrogens is 380 g/mol. The van der Waals surface area contributed by atoms with Crippen molar-refractivity contribution >= 4 is 17.4 Å². The number of ether oxygens (including phenoxy) is 2. The highest BCUT2D eigenvalue weighted by atomic mass is 16.5. The van der Waals surface area contributed by atoms with Gasteiger partial charge in [0.2, 0.25) is 0 Å². The van der Waals surface area contributed by atoms with Crippen LogP contribution in [0.1, 0.15) is 51.5 Å². The molecule has 6 nitrogen and oxygen atoms in total. The molecule has 1 atom stereocenters. The van der Waals surface area contributed by atoms with Crippen molar-refractivity contribution in [2.45, 2.75) is 46.0 Å². The molecule has 0 spiro atoms. The number of carbonyl (C=O) groups excluding carboxylic acids is 2. The van der Waals surface area contributed by atoms with Crippen LogP contribution < -0.4 is 4.74 Å². The van der Waals surface area contributed by atoms with Crippen LogP contribution in [0, 0.1) is 5.92 Å². The summed E-state index contributed by atoms with van der Waals surface area (Å²) in [5.74, 6) is 0.859. The van der Waals surface area contributed by atoms with Crippen LogP contribution in [0.25, 0.3) is 5.57 Å². The number of benzene rings is 1. The van der Waals surface area contributed by atoms with E-state index in [-0.39, 0.29) is 11.8 Å². The Morgan fingerprint density at radius 3 is 2.47 bits per heavy atom. The number of imide groups is 1. The third-order valence-corrected chi connectivity index (χ3v) is 5.81. The molecule has 2 amide bonds. The van der Waals surface area contributed by atoms with Crippen LogP contribution in [-0.2, 0) is 14.3 Å². The van der Waals surface area contributed by atoms with E-state index < -0.39 is 0 Å². The molecule has 0 saturated carbocycles. The highest BCUT2D eigenvalue weighted by Crippen LogP contribution is 2.34. The Bertz CT molecular complexity index is 772. The molecule has 2 aliphatic heterocycles. The molecular formula is C24H34N2O4. The lowest BCUT2D eigenvalue weighted by Crippen LogP contribution is -2.39. The van der Waals surface area contributed by atoms with Crippen molar-refractivity contribution in [2.24, 2.45) is 5.92 Å². The Kier molecular flexibility index (Phi) is 7.91. The highest BCUT2D eigenvalue weighted by Gasteiger charge is 2.41. The van der Waals surface area contributed by atoms with Crippen LogP contribution in [0.3, 0.4) is 0 Å². The molecule has 1 unspecified atom stereocenters. The standard InChI is InChI=1S/C24H34N2O4/c1-4-5-15-30-16-7-14-26-23(27)21(19-9-11-20(29-3)12-10-19)22(24(26)28)25-13-6-8-18(2)17-25/h9-12,18H,4-8,13-17H2,1-3H3. The number of likely N-dealkylation sites (tertiary alicyclic amines) is 1. The fourth-order valence-electron chi connectivity index (χ4n) is 4.14. The summed E-state index contributed by atoms with van der Waals surface area (Å²) in [4.78, 5) is 30.2. The van der Waals surface area contributed by atoms with Crippen molar-refractivity contribution in [1.82, 2.24) is 9.80 Å². The molecule has 0 radical (unpaired) electrons. The quantitative estimate of drug-likeness (QED) is 0.431. The number of unbranched alkanes of at least 4 members (excludes halogenated alkanes) is 1. The van der Waals surface area contributed by atoms with Crippen molar-refractivity contribution in [3.8, 4) is 5.75 Å². The van der Waals surface area contributed by atoms with Gasteiger partial charge in [-0.05, 0) is 49.3 Å². The lowest BCUT2D eigenvalue weighted by molar-refractivity contribution is -0.137. The van der Waals surface area contributed by atoms with Crippen LogP contribution in [0.2, 0.25) is 0 Å². The minimum absolute atomic E-state index is 0.173. The molecule has 2 aliphatic rings. The Morgan fingerprint density at radius 2 is 1.80 bits per heavy atom. The van der Waals surface area contributed by atoms with E-state index in [0.717, 1.165) is 56.7 Å². The molecule has 30 heavy (non-hydrogen) atoms. The molecule has 0 N–H and O–H groups in total. The van der Waals surface area contributed by atoms with E-state index in [2.05, 4.69) is 18.7 Å². The molecule has 1 aromatic rings. The molecule has 6 heteroatoms. The molecule has 1 saturated heterocycles. The third-order valence-electron chi connectivity index (χ3n) is 5.81. The molecule has 164 valence electrons. The number of hydrogen-bond donors (Lipinski definition) is 0. The predicted octanol–water partition coefficient (Wildman–Crippen LogP) is 3.71. The first-order valence-electron chi connectivity index (χ1n) is 11.1. The fraction of sp³-hybridized carbons (Fsp3) is 0.583. The van der Waals surface area contributed by atoms with Crippen molar-refractivity contribution in [3.05, 3.63) is 35.5 Å². The topological polar surface area (TPSA) is 59.1 Å². The smallest absolute Gasteiger partial charge is 0.277 e. The number of methoxy groups -OCH3 is 1. The molecule has 1 fully saturated rings. The molecule has 0 aromatic heterocycles. The first-order valence-corrected chi connectivity index (χ1v) is 11.1. The summed E-state index contributed by atoms with van der Waals surface area (Å²) in [6.07, 6.45) is 4.97. The van der Waals surface area contributed by atoms with E-state index in [0.29, 0.717) is 36.8 Å². The number of carbonyl (C=O) groups is 2. The number of amides is 2. The number of nitrogens with zero attached hydrogens (tertiary/aromatic N) is 2. The summed E-state index contributed by atoms with van der Waals surface area (Å²) in [6.45, 7) is 7.62. The van der Waals surface area contributed by atoms with Gasteiger partial charge in [0.1, 0.15) is 11.4 Å². The summed E-state index contributed by atoms with van der Waals surface area (Å²) in [6, 6.07) is 7.40. The van der Waals surface area contributed by atoms with Gasteiger partial charge in [-0.1, -0.05) is 32.4 Å². The second-order valence-electron chi connectivity index (χ2n) is 8.23. The van der Waals surface area contributed by atoms with Crippen LogP contribution >= 0.6 is 0 Å². The Labute approximate surface area is 179 Å². The largest absolute Gasteiger partial charge is 0.497 e. The van der Waals surface area contributed by atoms with Crippen LogP contribution in [-0.4, -0.2) is 61.6 Å². The maximum atomic E-state index is 13.3. The van der Waals surface area contributed by atoms with Gasteiger partial charge < -0.3 is 14.4 Å². The average molecular weight is 415 g/mol. The monoisotopic (exact) mass is 414 g/mol. The zero-order valence-corrected chi connectivity index (χ0v) is 18.5. The average Bonchev–Trinajstić information content (AvgIpc) is 3.00. The zero-order chi connectivity index (χ0) is 21.5. The van der Waals surface area contributed by atoms with E-state index in [9.17, 15) is 9.59 Å². The molecule has 0 bridgehead atoms. The van der Waals surface area contributed by atoms with E-state index in [4.69, 9.17) is 9.47 Å². The first kappa shape index (κ1) is 22.3. The van der Waals surface area contributed by atoms with Gasteiger partial charge in [-0.15, -0.1) is 0 Å². The minimum Gasteiger partial charge on any atom is -0.497 e. The van der Waals surface area contributed by atoms with Gasteiger partial charge in [-0.3, -0.25) is 14.5 Å². The van der Waals surface area contributed by atoms with Crippen LogP contribution in [0.5, 0.6) is 5.75 Å². The highest BCUT2D eigenvalue weighted by molar-refractivity contribution is 6.35. The Balaban J connectivity index is 1.81. The Morgan fingerprint density at radius 1 is 1.07 bits per heavy atom. The van der Waals surface area contributed by atoms with Gasteiger partial charge in [0.05, 0.1) is 12.7 Å². The number of hydrogen-bond acceptors (Lipinski definition) is 5. The molecule has 1 aromatic carbocycles. The number of rotatable bonds is 10. The van der Waals surface area contributed by atoms with E-state index in [1.54, 1.807) is 7.11 Å². The maximum Gasteiger partial charge on any atom is 0.277 e.